The third-order valence-corrected chi connectivity index (χ3v) is 3.79. The lowest BCUT2D eigenvalue weighted by Crippen LogP contribution is -2.31. The van der Waals surface area contributed by atoms with E-state index in [-0.39, 0.29) is 6.61 Å². The number of nitrogens with one attached hydrogen (secondary N) is 1. The summed E-state index contributed by atoms with van der Waals surface area (Å²) in [6, 6.07) is 0. The molecule has 2 heterocycles. The van der Waals surface area contributed by atoms with Gasteiger partial charge in [-0.3, -0.25) is 0 Å². The number of nitrogens with zero attached hydrogens (tertiary/aromatic N) is 2. The number of hydrogen-bond acceptors (Lipinski definition) is 7. The van der Waals surface area contributed by atoms with Crippen LogP contribution < -0.4 is 10.1 Å². The van der Waals surface area contributed by atoms with Gasteiger partial charge >= 0.3 is 0 Å². The molecular formula is C11H15N3O2S2. The molecular weight excluding hydrogens is 270 g/mol. The van der Waals surface area contributed by atoms with E-state index in [4.69, 9.17) is 4.74 Å². The lowest BCUT2D eigenvalue weighted by molar-refractivity contribution is 0.104. The molecule has 0 aromatic carbocycles. The SMILES string of the molecule is Cc1cscc1CNCC(O)COc1cnsn1. The standard InChI is InChI=1S/C11H15N3O2S2/c1-8-6-17-7-9(8)2-12-3-10(15)5-16-11-4-13-18-14-11/h4,6-7,10,12,15H,2-3,5H2,1H3. The van der Waals surface area contributed by atoms with E-state index in [1.807, 2.05) is 0 Å². The van der Waals surface area contributed by atoms with Gasteiger partial charge in [0.1, 0.15) is 18.9 Å². The molecule has 0 aliphatic carbocycles. The average molecular weight is 285 g/mol. The highest BCUT2D eigenvalue weighted by atomic mass is 32.1. The van der Waals surface area contributed by atoms with Gasteiger partial charge in [-0.15, -0.1) is 4.37 Å². The maximum absolute atomic E-state index is 9.72. The van der Waals surface area contributed by atoms with E-state index in [2.05, 4.69) is 31.7 Å². The van der Waals surface area contributed by atoms with Crippen LogP contribution in [0.1, 0.15) is 11.1 Å². The van der Waals surface area contributed by atoms with E-state index >= 15 is 0 Å². The molecule has 0 aliphatic heterocycles. The van der Waals surface area contributed by atoms with Gasteiger partial charge in [0.15, 0.2) is 0 Å². The third kappa shape index (κ3) is 4.02. The summed E-state index contributed by atoms with van der Waals surface area (Å²) < 4.78 is 13.0. The van der Waals surface area contributed by atoms with Crippen LogP contribution in [0.2, 0.25) is 0 Å². The minimum absolute atomic E-state index is 0.223. The number of aliphatic hydroxyl groups excluding tert-OH is 1. The van der Waals surface area contributed by atoms with Crippen LogP contribution in [0.5, 0.6) is 5.88 Å². The summed E-state index contributed by atoms with van der Waals surface area (Å²) in [6.45, 7) is 3.57. The van der Waals surface area contributed by atoms with E-state index in [1.165, 1.54) is 11.1 Å². The van der Waals surface area contributed by atoms with E-state index in [0.717, 1.165) is 18.3 Å². The first-order valence-corrected chi connectivity index (χ1v) is 7.24. The number of thiophene rings is 1. The second kappa shape index (κ2) is 6.79. The molecule has 0 saturated heterocycles. The largest absolute Gasteiger partial charge is 0.473 e. The molecule has 1 atom stereocenters. The van der Waals surface area contributed by atoms with Gasteiger partial charge in [0.2, 0.25) is 5.88 Å². The van der Waals surface area contributed by atoms with Gasteiger partial charge in [-0.05, 0) is 28.8 Å². The van der Waals surface area contributed by atoms with Crippen molar-refractivity contribution < 1.29 is 9.84 Å². The van der Waals surface area contributed by atoms with Gasteiger partial charge in [-0.1, -0.05) is 0 Å². The van der Waals surface area contributed by atoms with Crippen LogP contribution >= 0.6 is 23.1 Å². The highest BCUT2D eigenvalue weighted by Crippen LogP contribution is 2.12. The van der Waals surface area contributed by atoms with E-state index in [9.17, 15) is 5.11 Å². The van der Waals surface area contributed by atoms with Gasteiger partial charge in [0.25, 0.3) is 0 Å². The minimum atomic E-state index is -0.550. The third-order valence-electron chi connectivity index (χ3n) is 2.42. The van der Waals surface area contributed by atoms with Crippen molar-refractivity contribution in [2.45, 2.75) is 19.6 Å². The van der Waals surface area contributed by atoms with Crippen molar-refractivity contribution in [1.82, 2.24) is 14.1 Å². The highest BCUT2D eigenvalue weighted by molar-refractivity contribution is 7.08. The van der Waals surface area contributed by atoms with Crippen LogP contribution in [-0.2, 0) is 6.54 Å². The summed E-state index contributed by atoms with van der Waals surface area (Å²) in [5.41, 5.74) is 2.56. The highest BCUT2D eigenvalue weighted by Gasteiger charge is 2.07. The first-order valence-electron chi connectivity index (χ1n) is 5.56. The Morgan fingerprint density at radius 3 is 3.06 bits per heavy atom. The molecule has 7 heteroatoms. The molecule has 2 rings (SSSR count). The normalized spacial score (nSPS) is 12.6. The van der Waals surface area contributed by atoms with Crippen LogP contribution in [0.4, 0.5) is 0 Å². The Morgan fingerprint density at radius 2 is 2.39 bits per heavy atom. The van der Waals surface area contributed by atoms with Crippen LogP contribution in [0.3, 0.4) is 0 Å². The zero-order valence-corrected chi connectivity index (χ0v) is 11.6. The first kappa shape index (κ1) is 13.4. The zero-order valence-electron chi connectivity index (χ0n) is 10.00. The lowest BCUT2D eigenvalue weighted by Gasteiger charge is -2.11. The molecule has 2 N–H and O–H groups in total. The lowest BCUT2D eigenvalue weighted by atomic mass is 10.2. The smallest absolute Gasteiger partial charge is 0.245 e. The molecule has 0 saturated carbocycles. The van der Waals surface area contributed by atoms with Crippen molar-refractivity contribution in [2.75, 3.05) is 13.2 Å². The Morgan fingerprint density at radius 1 is 1.50 bits per heavy atom. The van der Waals surface area contributed by atoms with Crippen molar-refractivity contribution in [1.29, 1.82) is 0 Å². The average Bonchev–Trinajstić information content (AvgIpc) is 2.99. The zero-order chi connectivity index (χ0) is 12.8. The topological polar surface area (TPSA) is 67.3 Å². The molecule has 2 aromatic heterocycles. The molecule has 0 amide bonds. The Balaban J connectivity index is 1.63. The Bertz CT molecular complexity index is 459. The van der Waals surface area contributed by atoms with Crippen LogP contribution in [-0.4, -0.2) is 33.1 Å². The monoisotopic (exact) mass is 285 g/mol. The Hall–Kier alpha value is -1.02. The second-order valence-electron chi connectivity index (χ2n) is 3.92. The van der Waals surface area contributed by atoms with Gasteiger partial charge in [0, 0.05) is 13.1 Å². The maximum Gasteiger partial charge on any atom is 0.245 e. The molecule has 0 spiro atoms. The number of aryl methyl sites for hydroxylation is 1. The van der Waals surface area contributed by atoms with Gasteiger partial charge in [-0.25, -0.2) is 0 Å². The molecule has 1 unspecified atom stereocenters. The van der Waals surface area contributed by atoms with Crippen molar-refractivity contribution in [3.05, 3.63) is 28.1 Å². The fourth-order valence-corrected chi connectivity index (χ4v) is 2.62. The number of ether oxygens (including phenoxy) is 1. The van der Waals surface area contributed by atoms with E-state index < -0.39 is 6.10 Å². The summed E-state index contributed by atoms with van der Waals surface area (Å²) in [6.07, 6.45) is 0.991. The molecule has 2 aromatic rings. The van der Waals surface area contributed by atoms with Crippen molar-refractivity contribution in [2.24, 2.45) is 0 Å². The van der Waals surface area contributed by atoms with Crippen molar-refractivity contribution in [3.63, 3.8) is 0 Å². The molecule has 18 heavy (non-hydrogen) atoms. The van der Waals surface area contributed by atoms with Crippen LogP contribution in [0.25, 0.3) is 0 Å². The quantitative estimate of drug-likeness (QED) is 0.805. The predicted octanol–water partition coefficient (Wildman–Crippen LogP) is 1.44. The first-order chi connectivity index (χ1) is 8.75. The predicted molar refractivity (Wildman–Crippen MR) is 72.2 cm³/mol. The fourth-order valence-electron chi connectivity index (χ4n) is 1.40. The molecule has 5 nitrogen and oxygen atoms in total. The van der Waals surface area contributed by atoms with E-state index in [1.54, 1.807) is 17.5 Å². The summed E-state index contributed by atoms with van der Waals surface area (Å²) in [5.74, 6) is 0.465. The van der Waals surface area contributed by atoms with E-state index in [0.29, 0.717) is 12.4 Å². The summed E-state index contributed by atoms with van der Waals surface area (Å²) in [7, 11) is 0. The summed E-state index contributed by atoms with van der Waals surface area (Å²) >= 11 is 2.78. The van der Waals surface area contributed by atoms with Crippen molar-refractivity contribution >= 4 is 23.1 Å². The molecule has 0 aliphatic rings. The maximum atomic E-state index is 9.72. The summed E-state index contributed by atoms with van der Waals surface area (Å²) in [4.78, 5) is 0. The Labute approximate surface area is 114 Å². The number of aliphatic hydroxyl groups is 1. The molecule has 98 valence electrons. The van der Waals surface area contributed by atoms with Gasteiger partial charge in [0.05, 0.1) is 11.7 Å². The number of hydrogen-bond donors (Lipinski definition) is 2. The minimum Gasteiger partial charge on any atom is -0.473 e. The second-order valence-corrected chi connectivity index (χ2v) is 5.22. The fraction of sp³-hybridized carbons (Fsp3) is 0.455. The summed E-state index contributed by atoms with van der Waals surface area (Å²) in [5, 5.41) is 17.2. The van der Waals surface area contributed by atoms with Crippen molar-refractivity contribution in [3.8, 4) is 5.88 Å². The van der Waals surface area contributed by atoms with Gasteiger partial charge in [-0.2, -0.15) is 15.7 Å². The molecule has 0 fully saturated rings. The molecule has 0 bridgehead atoms. The molecule has 0 radical (unpaired) electrons. The van der Waals surface area contributed by atoms with Crippen LogP contribution in [0.15, 0.2) is 17.0 Å². The van der Waals surface area contributed by atoms with Crippen LogP contribution in [0, 0.1) is 6.92 Å². The number of aromatic nitrogens is 2. The number of rotatable bonds is 7. The Kier molecular flexibility index (Phi) is 5.06. The van der Waals surface area contributed by atoms with Gasteiger partial charge < -0.3 is 15.2 Å².